The van der Waals surface area contributed by atoms with Gasteiger partial charge in [0.15, 0.2) is 17.6 Å². The minimum absolute atomic E-state index is 0.00231. The molecule has 3 aromatic rings. The Bertz CT molecular complexity index is 1150. The normalized spacial score (nSPS) is 22.3. The van der Waals surface area contributed by atoms with Gasteiger partial charge in [-0.25, -0.2) is 5.06 Å². The van der Waals surface area contributed by atoms with E-state index < -0.39 is 18.1 Å². The number of para-hydroxylation sites is 1. The number of anilines is 1. The van der Waals surface area contributed by atoms with Crippen LogP contribution in [0.3, 0.4) is 0 Å². The van der Waals surface area contributed by atoms with Crippen molar-refractivity contribution >= 4 is 17.5 Å². The minimum atomic E-state index is -0.920. The van der Waals surface area contributed by atoms with Gasteiger partial charge >= 0.3 is 0 Å². The number of phenols is 1. The van der Waals surface area contributed by atoms with E-state index in [1.165, 1.54) is 18.1 Å². The lowest BCUT2D eigenvalue weighted by atomic mass is 9.90. The molecule has 0 radical (unpaired) electrons. The van der Waals surface area contributed by atoms with Gasteiger partial charge in [-0.15, -0.1) is 0 Å². The van der Waals surface area contributed by atoms with Gasteiger partial charge in [0.05, 0.1) is 25.4 Å². The zero-order valence-corrected chi connectivity index (χ0v) is 17.4. The highest BCUT2D eigenvalue weighted by atomic mass is 16.7. The first kappa shape index (κ1) is 20.1. The Morgan fingerprint density at radius 1 is 0.938 bits per heavy atom. The van der Waals surface area contributed by atoms with Gasteiger partial charge in [0, 0.05) is 0 Å². The van der Waals surface area contributed by atoms with Gasteiger partial charge in [-0.2, -0.15) is 0 Å². The van der Waals surface area contributed by atoms with Crippen molar-refractivity contribution in [3.8, 4) is 11.5 Å². The lowest BCUT2D eigenvalue weighted by molar-refractivity contribution is -0.143. The van der Waals surface area contributed by atoms with Gasteiger partial charge in [-0.05, 0) is 35.4 Å². The van der Waals surface area contributed by atoms with Gasteiger partial charge < -0.3 is 9.84 Å². The number of ether oxygens (including phenoxy) is 1. The van der Waals surface area contributed by atoms with Crippen molar-refractivity contribution in [3.63, 3.8) is 0 Å². The first-order valence-electron chi connectivity index (χ1n) is 10.4. The molecule has 32 heavy (non-hydrogen) atoms. The fraction of sp³-hybridized carbons (Fsp3) is 0.200. The smallest absolute Gasteiger partial charge is 0.262 e. The molecule has 2 aliphatic rings. The van der Waals surface area contributed by atoms with E-state index in [0.717, 1.165) is 11.3 Å². The van der Waals surface area contributed by atoms with E-state index in [9.17, 15) is 14.7 Å². The van der Waals surface area contributed by atoms with Crippen LogP contribution in [0.5, 0.6) is 11.5 Å². The van der Waals surface area contributed by atoms with E-state index in [-0.39, 0.29) is 29.9 Å². The third-order valence-corrected chi connectivity index (χ3v) is 5.95. The summed E-state index contributed by atoms with van der Waals surface area (Å²) in [5, 5.41) is 11.7. The van der Waals surface area contributed by atoms with E-state index in [1.807, 2.05) is 60.7 Å². The average molecular weight is 430 g/mol. The van der Waals surface area contributed by atoms with Gasteiger partial charge in [0.1, 0.15) is 5.92 Å². The Morgan fingerprint density at radius 3 is 2.31 bits per heavy atom. The van der Waals surface area contributed by atoms with Gasteiger partial charge in [-0.1, -0.05) is 54.6 Å². The zero-order chi connectivity index (χ0) is 22.2. The fourth-order valence-corrected chi connectivity index (χ4v) is 4.41. The number of carbonyl (C=O) groups is 2. The van der Waals surface area contributed by atoms with Crippen molar-refractivity contribution in [1.82, 2.24) is 4.90 Å². The van der Waals surface area contributed by atoms with Crippen molar-refractivity contribution in [2.45, 2.75) is 18.7 Å². The van der Waals surface area contributed by atoms with Crippen LogP contribution >= 0.6 is 0 Å². The molecule has 3 aromatic carbocycles. The predicted octanol–water partition coefficient (Wildman–Crippen LogP) is 3.45. The number of hydroxylamine groups is 1. The molecule has 0 aliphatic carbocycles. The summed E-state index contributed by atoms with van der Waals surface area (Å²) in [6, 6.07) is 23.1. The SMILES string of the molecule is COc1cc([C@@H]2[C@@H]3C(=O)N(Cc4ccccc4)C(=O)[C@H]3ON2c2ccccc2)ccc1O. The number of fused-ring (bicyclic) bond motifs is 1. The molecule has 2 aliphatic heterocycles. The van der Waals surface area contributed by atoms with E-state index in [1.54, 1.807) is 17.2 Å². The molecule has 7 nitrogen and oxygen atoms in total. The van der Waals surface area contributed by atoms with Crippen molar-refractivity contribution < 1.29 is 24.3 Å². The lowest BCUT2D eigenvalue weighted by Gasteiger charge is -2.29. The van der Waals surface area contributed by atoms with E-state index in [0.29, 0.717) is 5.56 Å². The molecule has 1 N–H and O–H groups in total. The highest BCUT2D eigenvalue weighted by molar-refractivity contribution is 6.07. The number of phenolic OH excluding ortho intramolecular Hbond substituents is 1. The number of aromatic hydroxyl groups is 1. The molecule has 0 bridgehead atoms. The Morgan fingerprint density at radius 2 is 1.62 bits per heavy atom. The van der Waals surface area contributed by atoms with Gasteiger partial charge in [-0.3, -0.25) is 19.3 Å². The molecule has 162 valence electrons. The van der Waals surface area contributed by atoms with Crippen LogP contribution in [0.15, 0.2) is 78.9 Å². The maximum Gasteiger partial charge on any atom is 0.262 e. The second-order valence-corrected chi connectivity index (χ2v) is 7.84. The molecule has 0 saturated carbocycles. The number of rotatable bonds is 5. The third-order valence-electron chi connectivity index (χ3n) is 5.95. The summed E-state index contributed by atoms with van der Waals surface area (Å²) in [5.74, 6) is -1.06. The van der Waals surface area contributed by atoms with Crippen molar-refractivity contribution in [2.75, 3.05) is 12.2 Å². The maximum absolute atomic E-state index is 13.5. The van der Waals surface area contributed by atoms with Crippen LogP contribution < -0.4 is 9.80 Å². The molecule has 0 unspecified atom stereocenters. The van der Waals surface area contributed by atoms with Crippen molar-refractivity contribution in [1.29, 1.82) is 0 Å². The second kappa shape index (κ2) is 8.01. The topological polar surface area (TPSA) is 79.3 Å². The highest BCUT2D eigenvalue weighted by Crippen LogP contribution is 2.48. The first-order valence-corrected chi connectivity index (χ1v) is 10.4. The number of imide groups is 1. The Kier molecular flexibility index (Phi) is 5.03. The molecule has 2 heterocycles. The van der Waals surface area contributed by atoms with Crippen molar-refractivity contribution in [2.24, 2.45) is 5.92 Å². The standard InChI is InChI=1S/C25H22N2O5/c1-31-20-14-17(12-13-19(20)28)22-21-23(32-27(22)18-10-6-3-7-11-18)25(30)26(24(21)29)15-16-8-4-2-5-9-16/h2-14,21-23,28H,15H2,1H3/t21-,22+,23-/m0/s1. The fourth-order valence-electron chi connectivity index (χ4n) is 4.41. The van der Waals surface area contributed by atoms with Crippen LogP contribution in [0.4, 0.5) is 5.69 Å². The molecule has 2 amide bonds. The Balaban J connectivity index is 1.55. The molecule has 0 aromatic heterocycles. The van der Waals surface area contributed by atoms with E-state index in [4.69, 9.17) is 9.57 Å². The lowest BCUT2D eigenvalue weighted by Crippen LogP contribution is -2.36. The molecule has 5 rings (SSSR count). The first-order chi connectivity index (χ1) is 15.6. The van der Waals surface area contributed by atoms with Gasteiger partial charge in [0.2, 0.25) is 5.91 Å². The summed E-state index contributed by atoms with van der Waals surface area (Å²) >= 11 is 0. The van der Waals surface area contributed by atoms with E-state index in [2.05, 4.69) is 0 Å². The summed E-state index contributed by atoms with van der Waals surface area (Å²) in [4.78, 5) is 34.1. The predicted molar refractivity (Wildman–Crippen MR) is 117 cm³/mol. The summed E-state index contributed by atoms with van der Waals surface area (Å²) in [5.41, 5.74) is 2.31. The largest absolute Gasteiger partial charge is 0.504 e. The molecular formula is C25H22N2O5. The minimum Gasteiger partial charge on any atom is -0.504 e. The molecule has 3 atom stereocenters. The van der Waals surface area contributed by atoms with Gasteiger partial charge in [0.25, 0.3) is 5.91 Å². The van der Waals surface area contributed by atoms with Crippen molar-refractivity contribution in [3.05, 3.63) is 90.0 Å². The third kappa shape index (κ3) is 3.27. The Labute approximate surface area is 185 Å². The number of amides is 2. The van der Waals surface area contributed by atoms with Crippen LogP contribution in [0.1, 0.15) is 17.2 Å². The number of methoxy groups -OCH3 is 1. The summed E-state index contributed by atoms with van der Waals surface area (Å²) in [7, 11) is 1.47. The molecule has 0 spiro atoms. The van der Waals surface area contributed by atoms with Crippen LogP contribution in [-0.2, 0) is 21.0 Å². The number of nitrogens with zero attached hydrogens (tertiary/aromatic N) is 2. The molecular weight excluding hydrogens is 408 g/mol. The zero-order valence-electron chi connectivity index (χ0n) is 17.4. The quantitative estimate of drug-likeness (QED) is 0.625. The number of hydrogen-bond acceptors (Lipinski definition) is 6. The van der Waals surface area contributed by atoms with E-state index >= 15 is 0 Å². The van der Waals surface area contributed by atoms with Crippen LogP contribution in [0, 0.1) is 5.92 Å². The molecule has 2 saturated heterocycles. The maximum atomic E-state index is 13.5. The second-order valence-electron chi connectivity index (χ2n) is 7.84. The molecule has 2 fully saturated rings. The number of carbonyl (C=O) groups excluding carboxylic acids is 2. The van der Waals surface area contributed by atoms with Crippen LogP contribution in [-0.4, -0.2) is 35.0 Å². The van der Waals surface area contributed by atoms with Crippen LogP contribution in [0.2, 0.25) is 0 Å². The summed E-state index contributed by atoms with van der Waals surface area (Å²) in [6.45, 7) is 0.200. The number of hydrogen-bond donors (Lipinski definition) is 1. The number of benzene rings is 3. The highest BCUT2D eigenvalue weighted by Gasteiger charge is 2.59. The molecule has 7 heteroatoms. The monoisotopic (exact) mass is 430 g/mol. The summed E-state index contributed by atoms with van der Waals surface area (Å²) in [6.07, 6.45) is -0.920. The summed E-state index contributed by atoms with van der Waals surface area (Å²) < 4.78 is 5.27. The Hall–Kier alpha value is -3.84. The van der Waals surface area contributed by atoms with Crippen LogP contribution in [0.25, 0.3) is 0 Å². The number of likely N-dealkylation sites (tertiary alicyclic amines) is 1. The average Bonchev–Trinajstić information content (AvgIpc) is 3.33.